The fourth-order valence-electron chi connectivity index (χ4n) is 8.11. The van der Waals surface area contributed by atoms with Crippen LogP contribution in [0.1, 0.15) is 55.2 Å². The zero-order valence-electron chi connectivity index (χ0n) is 21.3. The number of rotatable bonds is 6. The fraction of sp³-hybridized carbons (Fsp3) is 0.516. The summed E-state index contributed by atoms with van der Waals surface area (Å²) >= 11 is 0. The van der Waals surface area contributed by atoms with Gasteiger partial charge in [0.25, 0.3) is 0 Å². The Labute approximate surface area is 214 Å². The Hall–Kier alpha value is -2.63. The van der Waals surface area contributed by atoms with E-state index in [0.717, 1.165) is 61.6 Å². The third-order valence-corrected chi connectivity index (χ3v) is 9.45. The Bertz CT molecular complexity index is 1140. The molecule has 1 heterocycles. The third kappa shape index (κ3) is 4.59. The van der Waals surface area contributed by atoms with E-state index in [4.69, 9.17) is 5.11 Å². The summed E-state index contributed by atoms with van der Waals surface area (Å²) in [5.74, 6) is 2.01. The lowest BCUT2D eigenvalue weighted by atomic mass is 9.48. The molecule has 0 aromatic heterocycles. The molecule has 4 aliphatic carbocycles. The van der Waals surface area contributed by atoms with Gasteiger partial charge in [-0.1, -0.05) is 18.2 Å². The van der Waals surface area contributed by atoms with E-state index in [9.17, 15) is 9.90 Å². The van der Waals surface area contributed by atoms with Crippen LogP contribution in [0, 0.1) is 17.8 Å². The van der Waals surface area contributed by atoms with E-state index in [1.807, 2.05) is 12.1 Å². The second kappa shape index (κ2) is 9.35. The van der Waals surface area contributed by atoms with Gasteiger partial charge in [0, 0.05) is 44.4 Å². The quantitative estimate of drug-likeness (QED) is 0.538. The number of aliphatic carboxylic acids is 1. The van der Waals surface area contributed by atoms with Crippen molar-refractivity contribution >= 4 is 12.0 Å². The first-order valence-corrected chi connectivity index (χ1v) is 13.7. The summed E-state index contributed by atoms with van der Waals surface area (Å²) in [5.41, 5.74) is 5.78. The number of likely N-dealkylation sites (N-methyl/N-ethyl adjacent to an activating group) is 1. The molecule has 5 nitrogen and oxygen atoms in total. The van der Waals surface area contributed by atoms with Gasteiger partial charge in [0.1, 0.15) is 5.75 Å². The number of aromatic hydroxyl groups is 1. The lowest BCUT2D eigenvalue weighted by Crippen LogP contribution is -2.48. The van der Waals surface area contributed by atoms with E-state index in [1.54, 1.807) is 6.08 Å². The maximum absolute atomic E-state index is 11.1. The number of hydrogen-bond donors (Lipinski definition) is 2. The van der Waals surface area contributed by atoms with E-state index in [-0.39, 0.29) is 5.41 Å². The first-order valence-electron chi connectivity index (χ1n) is 13.7. The highest BCUT2D eigenvalue weighted by Gasteiger charge is 2.52. The first-order chi connectivity index (χ1) is 17.4. The summed E-state index contributed by atoms with van der Waals surface area (Å²) in [4.78, 5) is 16.0. The Morgan fingerprint density at radius 2 is 1.64 bits per heavy atom. The fourth-order valence-corrected chi connectivity index (χ4v) is 8.11. The van der Waals surface area contributed by atoms with Crippen molar-refractivity contribution in [2.24, 2.45) is 17.8 Å². The lowest BCUT2D eigenvalue weighted by molar-refractivity contribution is -0.131. The standard InChI is InChI=1S/C31H38N2O3/c1-32-8-10-33(11-9-32)20-26-15-21(3-7-30(35)36)2-5-27(26)25-4-6-29(34)28(16-25)31-17-22-12-23(18-31)14-24(13-22)19-31/h2-7,15-16,22-24,34H,8-14,17-20H2,1H3,(H,35,36)/b7-3+. The van der Waals surface area contributed by atoms with Crippen LogP contribution in [0.15, 0.2) is 42.5 Å². The molecular weight excluding hydrogens is 448 g/mol. The largest absolute Gasteiger partial charge is 0.508 e. The molecule has 0 unspecified atom stereocenters. The zero-order valence-corrected chi connectivity index (χ0v) is 21.3. The monoisotopic (exact) mass is 486 g/mol. The number of phenolic OH excluding ortho intramolecular Hbond substituents is 1. The summed E-state index contributed by atoms with van der Waals surface area (Å²) in [6.07, 6.45) is 10.7. The summed E-state index contributed by atoms with van der Waals surface area (Å²) in [7, 11) is 2.17. The number of carbonyl (C=O) groups is 1. The topological polar surface area (TPSA) is 64.0 Å². The number of piperazine rings is 1. The highest BCUT2D eigenvalue weighted by molar-refractivity contribution is 5.85. The van der Waals surface area contributed by atoms with Gasteiger partial charge >= 0.3 is 5.97 Å². The number of hydrogen-bond acceptors (Lipinski definition) is 4. The van der Waals surface area contributed by atoms with Crippen molar-refractivity contribution in [1.29, 1.82) is 0 Å². The van der Waals surface area contributed by atoms with Crippen LogP contribution in [-0.4, -0.2) is 59.2 Å². The average Bonchev–Trinajstić information content (AvgIpc) is 2.84. The smallest absolute Gasteiger partial charge is 0.328 e. The molecule has 36 heavy (non-hydrogen) atoms. The van der Waals surface area contributed by atoms with Crippen LogP contribution in [0.25, 0.3) is 17.2 Å². The van der Waals surface area contributed by atoms with Crippen LogP contribution in [0.5, 0.6) is 5.75 Å². The second-order valence-electron chi connectivity index (χ2n) is 12.1. The molecule has 4 saturated carbocycles. The molecule has 7 rings (SSSR count). The van der Waals surface area contributed by atoms with E-state index in [0.29, 0.717) is 5.75 Å². The van der Waals surface area contributed by atoms with Crippen molar-refractivity contribution in [3.8, 4) is 16.9 Å². The molecule has 0 atom stereocenters. The molecule has 0 spiro atoms. The Morgan fingerprint density at radius 3 is 2.28 bits per heavy atom. The van der Waals surface area contributed by atoms with Crippen LogP contribution in [0.2, 0.25) is 0 Å². The van der Waals surface area contributed by atoms with Gasteiger partial charge in [-0.25, -0.2) is 4.79 Å². The summed E-state index contributed by atoms with van der Waals surface area (Å²) < 4.78 is 0. The normalized spacial score (nSPS) is 30.3. The second-order valence-corrected chi connectivity index (χ2v) is 12.1. The van der Waals surface area contributed by atoms with E-state index in [2.05, 4.69) is 41.1 Å². The minimum Gasteiger partial charge on any atom is -0.508 e. The van der Waals surface area contributed by atoms with Crippen molar-refractivity contribution in [2.75, 3.05) is 33.2 Å². The van der Waals surface area contributed by atoms with Gasteiger partial charge in [-0.05, 0) is 115 Å². The molecule has 1 aliphatic heterocycles. The van der Waals surface area contributed by atoms with Crippen LogP contribution in [0.4, 0.5) is 0 Å². The maximum Gasteiger partial charge on any atom is 0.328 e. The van der Waals surface area contributed by atoms with Crippen molar-refractivity contribution in [3.63, 3.8) is 0 Å². The highest BCUT2D eigenvalue weighted by Crippen LogP contribution is 2.62. The summed E-state index contributed by atoms with van der Waals surface area (Å²) in [6, 6.07) is 12.6. The van der Waals surface area contributed by atoms with Crippen molar-refractivity contribution in [2.45, 2.75) is 50.5 Å². The molecule has 1 saturated heterocycles. The van der Waals surface area contributed by atoms with Gasteiger partial charge in [-0.3, -0.25) is 4.90 Å². The Morgan fingerprint density at radius 1 is 0.972 bits per heavy atom. The molecule has 190 valence electrons. The molecule has 5 fully saturated rings. The number of phenols is 1. The van der Waals surface area contributed by atoms with Gasteiger partial charge in [-0.15, -0.1) is 0 Å². The minimum atomic E-state index is -0.932. The Balaban J connectivity index is 1.37. The Kier molecular flexibility index (Phi) is 6.17. The van der Waals surface area contributed by atoms with Crippen LogP contribution in [-0.2, 0) is 16.8 Å². The number of carboxylic acids is 1. The van der Waals surface area contributed by atoms with Gasteiger partial charge in [0.2, 0.25) is 0 Å². The predicted molar refractivity (Wildman–Crippen MR) is 143 cm³/mol. The molecular formula is C31H38N2O3. The zero-order chi connectivity index (χ0) is 24.9. The van der Waals surface area contributed by atoms with Gasteiger partial charge in [0.05, 0.1) is 0 Å². The molecule has 0 amide bonds. The molecule has 2 aromatic carbocycles. The van der Waals surface area contributed by atoms with E-state index in [1.165, 1.54) is 61.3 Å². The van der Waals surface area contributed by atoms with Crippen molar-refractivity contribution < 1.29 is 15.0 Å². The summed E-state index contributed by atoms with van der Waals surface area (Å²) in [6.45, 7) is 5.01. The third-order valence-electron chi connectivity index (χ3n) is 9.45. The minimum absolute atomic E-state index is 0.136. The SMILES string of the molecule is CN1CCN(Cc2cc(/C=C/C(=O)O)ccc2-c2ccc(O)c(C34CC5CC(CC(C5)C3)C4)c2)CC1. The van der Waals surface area contributed by atoms with Crippen LogP contribution in [0.3, 0.4) is 0 Å². The first kappa shape index (κ1) is 23.7. The number of benzene rings is 2. The number of nitrogens with zero attached hydrogens (tertiary/aromatic N) is 2. The average molecular weight is 487 g/mol. The van der Waals surface area contributed by atoms with Gasteiger partial charge < -0.3 is 15.1 Å². The van der Waals surface area contributed by atoms with Gasteiger partial charge in [-0.2, -0.15) is 0 Å². The van der Waals surface area contributed by atoms with Crippen molar-refractivity contribution in [1.82, 2.24) is 9.80 Å². The highest BCUT2D eigenvalue weighted by atomic mass is 16.4. The van der Waals surface area contributed by atoms with Crippen molar-refractivity contribution in [3.05, 3.63) is 59.2 Å². The molecule has 5 aliphatic rings. The van der Waals surface area contributed by atoms with E-state index < -0.39 is 5.97 Å². The van der Waals surface area contributed by atoms with Crippen LogP contribution < -0.4 is 0 Å². The molecule has 0 radical (unpaired) electrons. The molecule has 2 N–H and O–H groups in total. The maximum atomic E-state index is 11.1. The molecule has 4 bridgehead atoms. The lowest BCUT2D eigenvalue weighted by Gasteiger charge is -2.57. The predicted octanol–water partition coefficient (Wildman–Crippen LogP) is 5.37. The van der Waals surface area contributed by atoms with E-state index >= 15 is 0 Å². The number of carboxylic acid groups (broad SMARTS) is 1. The molecule has 2 aromatic rings. The van der Waals surface area contributed by atoms with Crippen LogP contribution >= 0.6 is 0 Å². The molecule has 5 heteroatoms. The summed E-state index contributed by atoms with van der Waals surface area (Å²) in [5, 5.41) is 20.2. The van der Waals surface area contributed by atoms with Gasteiger partial charge in [0.15, 0.2) is 0 Å².